The third-order valence-electron chi connectivity index (χ3n) is 5.61. The summed E-state index contributed by atoms with van der Waals surface area (Å²) in [5, 5.41) is 5.78. The van der Waals surface area contributed by atoms with Crippen molar-refractivity contribution < 1.29 is 31.1 Å². The Bertz CT molecular complexity index is 1150. The van der Waals surface area contributed by atoms with Crippen LogP contribution in [0, 0.1) is 5.92 Å². The van der Waals surface area contributed by atoms with E-state index in [9.17, 15) is 31.1 Å². The summed E-state index contributed by atoms with van der Waals surface area (Å²) in [5.74, 6) is -0.0556. The van der Waals surface area contributed by atoms with Gasteiger partial charge in [0.1, 0.15) is 5.69 Å². The lowest BCUT2D eigenvalue weighted by Crippen LogP contribution is -2.21. The van der Waals surface area contributed by atoms with Crippen LogP contribution in [0.3, 0.4) is 0 Å². The molecule has 0 spiro atoms. The van der Waals surface area contributed by atoms with Gasteiger partial charge >= 0.3 is 12.4 Å². The smallest absolute Gasteiger partial charge is 0.326 e. The number of aryl methyl sites for hydroxylation is 1. The summed E-state index contributed by atoms with van der Waals surface area (Å²) in [6, 6.07) is 13.1. The molecule has 0 fully saturated rings. The molecule has 0 saturated carbocycles. The Labute approximate surface area is 185 Å². The summed E-state index contributed by atoms with van der Waals surface area (Å²) < 4.78 is 78.5. The maximum absolute atomic E-state index is 13.2. The Kier molecular flexibility index (Phi) is 5.94. The highest BCUT2D eigenvalue weighted by Crippen LogP contribution is 2.36. The van der Waals surface area contributed by atoms with E-state index in [1.54, 1.807) is 0 Å². The van der Waals surface area contributed by atoms with E-state index < -0.39 is 23.7 Å². The second kappa shape index (κ2) is 8.57. The minimum atomic E-state index is -5.03. The van der Waals surface area contributed by atoms with Gasteiger partial charge in [-0.15, -0.1) is 0 Å². The van der Waals surface area contributed by atoms with Crippen molar-refractivity contribution in [2.75, 3.05) is 5.32 Å². The average molecular weight is 467 g/mol. The van der Waals surface area contributed by atoms with Gasteiger partial charge in [-0.1, -0.05) is 24.3 Å². The fraction of sp³-hybridized carbons (Fsp3) is 0.304. The number of anilines is 1. The molecule has 1 heterocycles. The molecule has 0 aliphatic heterocycles. The normalized spacial score (nSPS) is 16.4. The molecule has 2 aromatic carbocycles. The number of aromatic nitrogens is 2. The van der Waals surface area contributed by atoms with Crippen molar-refractivity contribution in [2.45, 2.75) is 38.0 Å². The van der Waals surface area contributed by atoms with Gasteiger partial charge in [0.05, 0.1) is 5.69 Å². The van der Waals surface area contributed by atoms with Crippen LogP contribution in [0.1, 0.15) is 35.4 Å². The lowest BCUT2D eigenvalue weighted by molar-refractivity contribution is -0.143. The first kappa shape index (κ1) is 22.9. The van der Waals surface area contributed by atoms with Crippen molar-refractivity contribution in [3.05, 3.63) is 77.1 Å². The highest BCUT2D eigenvalue weighted by atomic mass is 19.4. The summed E-state index contributed by atoms with van der Waals surface area (Å²) in [5.41, 5.74) is -0.541. The molecule has 1 atom stereocenters. The van der Waals surface area contributed by atoms with Crippen LogP contribution in [0.25, 0.3) is 5.69 Å². The maximum atomic E-state index is 13.2. The molecule has 1 N–H and O–H groups in total. The number of hydrogen-bond acceptors (Lipinski definition) is 2. The van der Waals surface area contributed by atoms with E-state index in [1.165, 1.54) is 35.4 Å². The summed E-state index contributed by atoms with van der Waals surface area (Å²) >= 11 is 0. The molecule has 0 bridgehead atoms. The highest BCUT2D eigenvalue weighted by molar-refractivity contribution is 5.91. The fourth-order valence-corrected chi connectivity index (χ4v) is 4.03. The van der Waals surface area contributed by atoms with Crippen LogP contribution in [-0.2, 0) is 30.0 Å². The molecule has 1 amide bonds. The molecule has 33 heavy (non-hydrogen) atoms. The first-order valence-electron chi connectivity index (χ1n) is 10.2. The number of carbonyl (C=O) groups is 1. The maximum Gasteiger partial charge on any atom is 0.435 e. The van der Waals surface area contributed by atoms with Crippen LogP contribution in [0.15, 0.2) is 54.6 Å². The number of alkyl halides is 6. The van der Waals surface area contributed by atoms with E-state index >= 15 is 0 Å². The zero-order chi connectivity index (χ0) is 23.8. The number of hydrogen-bond donors (Lipinski definition) is 1. The third-order valence-corrected chi connectivity index (χ3v) is 5.61. The quantitative estimate of drug-likeness (QED) is 0.476. The number of nitrogens with one attached hydrogen (secondary N) is 1. The Morgan fingerprint density at radius 1 is 0.970 bits per heavy atom. The van der Waals surface area contributed by atoms with Crippen LogP contribution in [0.2, 0.25) is 0 Å². The standard InChI is InChI=1S/C23H19F6N3O/c24-22(25,26)19-13-20(23(27,28)29)32(31-19)18-9-7-17(8-10-18)30-21(33)12-14-5-6-15-3-1-2-4-16(15)11-14/h1-4,7-10,13-14H,5-6,11-12H2,(H,30,33). The van der Waals surface area contributed by atoms with Gasteiger partial charge in [0.15, 0.2) is 5.69 Å². The number of fused-ring (bicyclic) bond motifs is 1. The van der Waals surface area contributed by atoms with Gasteiger partial charge in [-0.25, -0.2) is 4.68 Å². The monoisotopic (exact) mass is 467 g/mol. The van der Waals surface area contributed by atoms with Gasteiger partial charge < -0.3 is 5.32 Å². The predicted octanol–water partition coefficient (Wildman–Crippen LogP) is 6.04. The molecular weight excluding hydrogens is 448 g/mol. The van der Waals surface area contributed by atoms with Crippen molar-refractivity contribution in [3.8, 4) is 5.69 Å². The molecule has 1 aliphatic rings. The summed E-state index contributed by atoms with van der Waals surface area (Å²) in [6.07, 6.45) is -7.18. The summed E-state index contributed by atoms with van der Waals surface area (Å²) in [4.78, 5) is 12.4. The summed E-state index contributed by atoms with van der Waals surface area (Å²) in [6.45, 7) is 0. The van der Waals surface area contributed by atoms with Crippen LogP contribution in [0.5, 0.6) is 0 Å². The Morgan fingerprint density at radius 3 is 2.27 bits per heavy atom. The fourth-order valence-electron chi connectivity index (χ4n) is 4.03. The Balaban J connectivity index is 1.45. The van der Waals surface area contributed by atoms with E-state index in [4.69, 9.17) is 0 Å². The predicted molar refractivity (Wildman–Crippen MR) is 109 cm³/mol. The molecule has 4 nitrogen and oxygen atoms in total. The van der Waals surface area contributed by atoms with Gasteiger partial charge in [-0.2, -0.15) is 31.4 Å². The van der Waals surface area contributed by atoms with Gasteiger partial charge in [-0.3, -0.25) is 4.79 Å². The van der Waals surface area contributed by atoms with Crippen LogP contribution in [0.4, 0.5) is 32.0 Å². The van der Waals surface area contributed by atoms with Crippen LogP contribution < -0.4 is 5.32 Å². The van der Waals surface area contributed by atoms with Crippen molar-refractivity contribution in [2.24, 2.45) is 5.92 Å². The highest BCUT2D eigenvalue weighted by Gasteiger charge is 2.42. The van der Waals surface area contributed by atoms with Crippen LogP contribution in [-0.4, -0.2) is 15.7 Å². The van der Waals surface area contributed by atoms with E-state index in [0.29, 0.717) is 12.1 Å². The zero-order valence-electron chi connectivity index (χ0n) is 17.2. The van der Waals surface area contributed by atoms with Crippen molar-refractivity contribution in [1.29, 1.82) is 0 Å². The van der Waals surface area contributed by atoms with Crippen molar-refractivity contribution >= 4 is 11.6 Å². The molecule has 1 unspecified atom stereocenters. The van der Waals surface area contributed by atoms with Gasteiger partial charge in [0.25, 0.3) is 0 Å². The molecule has 1 aromatic heterocycles. The lowest BCUT2D eigenvalue weighted by atomic mass is 9.82. The van der Waals surface area contributed by atoms with Gasteiger partial charge in [0, 0.05) is 18.2 Å². The first-order valence-corrected chi connectivity index (χ1v) is 10.2. The molecule has 174 valence electrons. The topological polar surface area (TPSA) is 46.9 Å². The van der Waals surface area contributed by atoms with E-state index in [-0.39, 0.29) is 28.3 Å². The van der Waals surface area contributed by atoms with E-state index in [1.807, 2.05) is 18.2 Å². The molecular formula is C23H19F6N3O. The van der Waals surface area contributed by atoms with E-state index in [0.717, 1.165) is 19.3 Å². The summed E-state index contributed by atoms with van der Waals surface area (Å²) in [7, 11) is 0. The Hall–Kier alpha value is -3.30. The minimum Gasteiger partial charge on any atom is -0.326 e. The minimum absolute atomic E-state index is 0.0298. The molecule has 4 rings (SSSR count). The van der Waals surface area contributed by atoms with Gasteiger partial charge in [-0.05, 0) is 60.6 Å². The largest absolute Gasteiger partial charge is 0.435 e. The molecule has 3 aromatic rings. The Morgan fingerprint density at radius 2 is 1.64 bits per heavy atom. The van der Waals surface area contributed by atoms with Gasteiger partial charge in [0.2, 0.25) is 5.91 Å². The van der Waals surface area contributed by atoms with Crippen molar-refractivity contribution in [1.82, 2.24) is 9.78 Å². The number of nitrogens with zero attached hydrogens (tertiary/aromatic N) is 2. The molecule has 10 heteroatoms. The number of carbonyl (C=O) groups excluding carboxylic acids is 1. The second-order valence-electron chi connectivity index (χ2n) is 8.00. The molecule has 0 saturated heterocycles. The van der Waals surface area contributed by atoms with Crippen molar-refractivity contribution in [3.63, 3.8) is 0 Å². The SMILES string of the molecule is O=C(CC1CCc2ccccc2C1)Nc1ccc(-n2nc(C(F)(F)F)cc2C(F)(F)F)cc1. The second-order valence-corrected chi connectivity index (χ2v) is 8.00. The molecule has 0 radical (unpaired) electrons. The third kappa shape index (κ3) is 5.20. The number of rotatable bonds is 4. The number of halogens is 6. The first-order chi connectivity index (χ1) is 15.5. The lowest BCUT2D eigenvalue weighted by Gasteiger charge is -2.24. The van der Waals surface area contributed by atoms with E-state index in [2.05, 4.69) is 16.5 Å². The van der Waals surface area contributed by atoms with Crippen LogP contribution >= 0.6 is 0 Å². The molecule has 1 aliphatic carbocycles. The number of amides is 1. The number of benzene rings is 2. The average Bonchev–Trinajstić information content (AvgIpc) is 3.21. The zero-order valence-corrected chi connectivity index (χ0v) is 17.2.